The molecule has 0 amide bonds. The van der Waals surface area contributed by atoms with E-state index in [-0.39, 0.29) is 6.10 Å². The number of sulfonamides is 1. The molecule has 2 rings (SSSR count). The third kappa shape index (κ3) is 4.66. The van der Waals surface area contributed by atoms with Crippen LogP contribution in [0.2, 0.25) is 4.34 Å². The average Bonchev–Trinajstić information content (AvgIpc) is 2.91. The first kappa shape index (κ1) is 19.1. The van der Waals surface area contributed by atoms with Crippen LogP contribution in [0.4, 0.5) is 0 Å². The first-order valence-electron chi connectivity index (χ1n) is 7.39. The van der Waals surface area contributed by atoms with Gasteiger partial charge >= 0.3 is 0 Å². The van der Waals surface area contributed by atoms with E-state index in [9.17, 15) is 8.42 Å². The summed E-state index contributed by atoms with van der Waals surface area (Å²) in [6.07, 6.45) is 1.11. The molecule has 0 aliphatic carbocycles. The normalized spacial score (nSPS) is 20.6. The average molecular weight is 384 g/mol. The highest BCUT2D eigenvalue weighted by molar-refractivity contribution is 7.91. The first-order chi connectivity index (χ1) is 11.0. The second-order valence-electron chi connectivity index (χ2n) is 5.21. The van der Waals surface area contributed by atoms with Crippen LogP contribution < -0.4 is 0 Å². The molecule has 0 radical (unpaired) electrons. The van der Waals surface area contributed by atoms with Gasteiger partial charge in [-0.15, -0.1) is 11.3 Å². The van der Waals surface area contributed by atoms with E-state index in [2.05, 4.69) is 0 Å². The topological polar surface area (TPSA) is 65.1 Å². The van der Waals surface area contributed by atoms with Gasteiger partial charge in [0, 0.05) is 52.7 Å². The largest absolute Gasteiger partial charge is 0.385 e. The minimum absolute atomic E-state index is 0.294. The summed E-state index contributed by atoms with van der Waals surface area (Å²) in [5.41, 5.74) is 0.667. The third-order valence-corrected chi connectivity index (χ3v) is 7.23. The molecule has 1 atom stereocenters. The van der Waals surface area contributed by atoms with E-state index in [1.807, 2.05) is 0 Å². The third-order valence-electron chi connectivity index (χ3n) is 3.55. The Hall–Kier alpha value is -0.220. The zero-order chi connectivity index (χ0) is 16.9. The van der Waals surface area contributed by atoms with E-state index < -0.39 is 10.0 Å². The van der Waals surface area contributed by atoms with Crippen LogP contribution in [0.15, 0.2) is 10.3 Å². The van der Waals surface area contributed by atoms with E-state index >= 15 is 0 Å². The zero-order valence-corrected chi connectivity index (χ0v) is 15.7. The molecule has 0 bridgehead atoms. The van der Waals surface area contributed by atoms with Gasteiger partial charge in [-0.05, 0) is 18.9 Å². The van der Waals surface area contributed by atoms with Crippen LogP contribution in [0.5, 0.6) is 0 Å². The SMILES string of the molecule is COCCCO[C@@H]1CN(CCCOC)S(=O)(=O)c2sc(Cl)cc21. The maximum absolute atomic E-state index is 12.7. The van der Waals surface area contributed by atoms with Gasteiger partial charge in [-0.3, -0.25) is 0 Å². The molecule has 0 N–H and O–H groups in total. The Morgan fingerprint density at radius 1 is 1.26 bits per heavy atom. The molecule has 0 aromatic carbocycles. The lowest BCUT2D eigenvalue weighted by molar-refractivity contribution is 0.0231. The fourth-order valence-electron chi connectivity index (χ4n) is 2.45. The lowest BCUT2D eigenvalue weighted by Crippen LogP contribution is -2.40. The number of halogens is 1. The number of hydrogen-bond acceptors (Lipinski definition) is 6. The number of thiophene rings is 1. The molecule has 9 heteroatoms. The van der Waals surface area contributed by atoms with Gasteiger partial charge in [0.2, 0.25) is 0 Å². The number of rotatable bonds is 9. The highest BCUT2D eigenvalue weighted by Crippen LogP contribution is 2.41. The summed E-state index contributed by atoms with van der Waals surface area (Å²) in [5, 5.41) is 0. The summed E-state index contributed by atoms with van der Waals surface area (Å²) >= 11 is 7.13. The lowest BCUT2D eigenvalue weighted by atomic mass is 10.2. The van der Waals surface area contributed by atoms with Crippen LogP contribution in [0.3, 0.4) is 0 Å². The maximum atomic E-state index is 12.7. The van der Waals surface area contributed by atoms with Crippen LogP contribution in [0.25, 0.3) is 0 Å². The fourth-order valence-corrected chi connectivity index (χ4v) is 6.04. The molecule has 2 heterocycles. The van der Waals surface area contributed by atoms with Crippen LogP contribution in [-0.4, -0.2) is 59.9 Å². The van der Waals surface area contributed by atoms with Crippen molar-refractivity contribution < 1.29 is 22.6 Å². The summed E-state index contributed by atoms with van der Waals surface area (Å²) in [6, 6.07) is 1.70. The summed E-state index contributed by atoms with van der Waals surface area (Å²) in [7, 11) is -0.262. The lowest BCUT2D eigenvalue weighted by Gasteiger charge is -2.32. The monoisotopic (exact) mass is 383 g/mol. The molecule has 0 saturated heterocycles. The van der Waals surface area contributed by atoms with Crippen molar-refractivity contribution in [3.05, 3.63) is 16.0 Å². The van der Waals surface area contributed by atoms with Gasteiger partial charge in [0.15, 0.2) is 0 Å². The van der Waals surface area contributed by atoms with Crippen molar-refractivity contribution in [3.8, 4) is 0 Å². The molecule has 0 fully saturated rings. The quantitative estimate of drug-likeness (QED) is 0.613. The highest BCUT2D eigenvalue weighted by Gasteiger charge is 2.39. The van der Waals surface area contributed by atoms with Gasteiger partial charge in [0.1, 0.15) is 4.21 Å². The van der Waals surface area contributed by atoms with Gasteiger partial charge in [0.05, 0.1) is 10.4 Å². The van der Waals surface area contributed by atoms with Crippen LogP contribution >= 0.6 is 22.9 Å². The van der Waals surface area contributed by atoms with Gasteiger partial charge in [-0.25, -0.2) is 8.42 Å². The van der Waals surface area contributed by atoms with Crippen molar-refractivity contribution in [2.24, 2.45) is 0 Å². The minimum atomic E-state index is -3.50. The molecular formula is C14H22ClNO5S2. The molecule has 0 spiro atoms. The van der Waals surface area contributed by atoms with Crippen molar-refractivity contribution in [1.82, 2.24) is 4.31 Å². The van der Waals surface area contributed by atoms with E-state index in [1.165, 1.54) is 4.31 Å². The van der Waals surface area contributed by atoms with Gasteiger partial charge in [-0.1, -0.05) is 11.6 Å². The molecule has 1 aliphatic heterocycles. The molecule has 1 aromatic rings. The van der Waals surface area contributed by atoms with E-state index in [0.29, 0.717) is 53.4 Å². The van der Waals surface area contributed by atoms with Crippen molar-refractivity contribution in [2.45, 2.75) is 23.2 Å². The second-order valence-corrected chi connectivity index (χ2v) is 9.03. The Bertz CT molecular complexity index is 604. The number of ether oxygens (including phenoxy) is 3. The number of nitrogens with zero attached hydrogens (tertiary/aromatic N) is 1. The zero-order valence-electron chi connectivity index (χ0n) is 13.3. The molecular weight excluding hydrogens is 362 g/mol. The van der Waals surface area contributed by atoms with Crippen molar-refractivity contribution in [3.63, 3.8) is 0 Å². The van der Waals surface area contributed by atoms with E-state index in [0.717, 1.165) is 17.8 Å². The maximum Gasteiger partial charge on any atom is 0.253 e. The Balaban J connectivity index is 2.15. The second kappa shape index (κ2) is 8.75. The van der Waals surface area contributed by atoms with Gasteiger partial charge in [0.25, 0.3) is 10.0 Å². The highest BCUT2D eigenvalue weighted by atomic mass is 35.5. The first-order valence-corrected chi connectivity index (χ1v) is 10.0. The van der Waals surface area contributed by atoms with Crippen molar-refractivity contribution in [1.29, 1.82) is 0 Å². The summed E-state index contributed by atoms with van der Waals surface area (Å²) in [6.45, 7) is 2.35. The van der Waals surface area contributed by atoms with Crippen molar-refractivity contribution in [2.75, 3.05) is 47.1 Å². The standard InChI is InChI=1S/C14H22ClNO5S2/c1-19-6-3-5-16-10-12(21-8-4-7-20-2)11-9-13(15)22-14(11)23(16,17)18/h9,12H,3-8,10H2,1-2H3/t12-/m1/s1. The molecule has 0 saturated carbocycles. The van der Waals surface area contributed by atoms with Gasteiger partial charge in [-0.2, -0.15) is 4.31 Å². The predicted octanol–water partition coefficient (Wildman–Crippen LogP) is 2.54. The summed E-state index contributed by atoms with van der Waals surface area (Å²) in [5.74, 6) is 0. The Kier molecular flexibility index (Phi) is 7.27. The van der Waals surface area contributed by atoms with E-state index in [1.54, 1.807) is 20.3 Å². The minimum Gasteiger partial charge on any atom is -0.385 e. The molecule has 0 unspecified atom stereocenters. The number of hydrogen-bond donors (Lipinski definition) is 0. The molecule has 1 aromatic heterocycles. The van der Waals surface area contributed by atoms with Crippen LogP contribution in [0.1, 0.15) is 24.5 Å². The smallest absolute Gasteiger partial charge is 0.253 e. The molecule has 23 heavy (non-hydrogen) atoms. The summed E-state index contributed by atoms with van der Waals surface area (Å²) < 4.78 is 43.5. The molecule has 1 aliphatic rings. The molecule has 132 valence electrons. The van der Waals surface area contributed by atoms with Crippen LogP contribution in [-0.2, 0) is 24.2 Å². The summed E-state index contributed by atoms with van der Waals surface area (Å²) in [4.78, 5) is 0. The predicted molar refractivity (Wildman–Crippen MR) is 89.8 cm³/mol. The number of methoxy groups -OCH3 is 2. The number of fused-ring (bicyclic) bond motifs is 1. The van der Waals surface area contributed by atoms with Crippen molar-refractivity contribution >= 4 is 33.0 Å². The molecule has 6 nitrogen and oxygen atoms in total. The fraction of sp³-hybridized carbons (Fsp3) is 0.714. The van der Waals surface area contributed by atoms with E-state index in [4.69, 9.17) is 25.8 Å². The van der Waals surface area contributed by atoms with Gasteiger partial charge < -0.3 is 14.2 Å². The Labute approximate surface area is 146 Å². The van der Waals surface area contributed by atoms with Crippen LogP contribution in [0, 0.1) is 0 Å². The Morgan fingerprint density at radius 2 is 1.96 bits per heavy atom. The Morgan fingerprint density at radius 3 is 2.65 bits per heavy atom.